The second-order valence-corrected chi connectivity index (χ2v) is 8.97. The maximum absolute atomic E-state index is 11.5. The molecule has 2 aromatic carbocycles. The van der Waals surface area contributed by atoms with E-state index in [9.17, 15) is 10.2 Å². The summed E-state index contributed by atoms with van der Waals surface area (Å²) in [6.07, 6.45) is 2.99. The van der Waals surface area contributed by atoms with Crippen LogP contribution in [0.5, 0.6) is 11.5 Å². The van der Waals surface area contributed by atoms with E-state index in [2.05, 4.69) is 36.9 Å². The number of rotatable bonds is 4. The van der Waals surface area contributed by atoms with Gasteiger partial charge in [-0.25, -0.2) is 0 Å². The summed E-state index contributed by atoms with van der Waals surface area (Å²) in [6.45, 7) is 4.98. The molecule has 0 aliphatic carbocycles. The van der Waals surface area contributed by atoms with Crippen molar-refractivity contribution in [1.82, 2.24) is 4.90 Å². The number of aryl methyl sites for hydroxylation is 2. The van der Waals surface area contributed by atoms with Gasteiger partial charge in [-0.1, -0.05) is 29.8 Å². The van der Waals surface area contributed by atoms with Gasteiger partial charge < -0.3 is 19.7 Å². The Balaban J connectivity index is 1.34. The molecule has 5 nitrogen and oxygen atoms in total. The molecule has 0 spiro atoms. The van der Waals surface area contributed by atoms with E-state index in [0.717, 1.165) is 41.0 Å². The summed E-state index contributed by atoms with van der Waals surface area (Å²) in [4.78, 5) is 2.42. The highest BCUT2D eigenvalue weighted by Gasteiger charge is 2.48. The van der Waals surface area contributed by atoms with Gasteiger partial charge >= 0.3 is 0 Å². The van der Waals surface area contributed by atoms with E-state index >= 15 is 0 Å². The van der Waals surface area contributed by atoms with E-state index in [0.29, 0.717) is 19.4 Å². The maximum atomic E-state index is 11.5. The molecule has 3 atom stereocenters. The Bertz CT molecular complexity index is 913. The number of ether oxygens (including phenoxy) is 2. The number of piperidine rings is 1. The molecule has 29 heavy (non-hydrogen) atoms. The van der Waals surface area contributed by atoms with E-state index in [4.69, 9.17) is 9.47 Å². The van der Waals surface area contributed by atoms with Crippen molar-refractivity contribution in [2.75, 3.05) is 13.3 Å². The molecule has 2 saturated heterocycles. The predicted molar refractivity (Wildman–Crippen MR) is 110 cm³/mol. The van der Waals surface area contributed by atoms with Crippen LogP contribution in [0.4, 0.5) is 0 Å². The van der Waals surface area contributed by atoms with Crippen molar-refractivity contribution in [3.63, 3.8) is 0 Å². The highest BCUT2D eigenvalue weighted by atomic mass is 16.7. The van der Waals surface area contributed by atoms with Gasteiger partial charge in [0.2, 0.25) is 6.79 Å². The van der Waals surface area contributed by atoms with Crippen LogP contribution >= 0.6 is 0 Å². The second kappa shape index (κ2) is 7.01. The molecule has 2 fully saturated rings. The molecule has 5 heteroatoms. The normalized spacial score (nSPS) is 29.2. The molecule has 0 amide bonds. The third-order valence-corrected chi connectivity index (χ3v) is 7.01. The summed E-state index contributed by atoms with van der Waals surface area (Å²) in [6, 6.07) is 12.6. The van der Waals surface area contributed by atoms with Crippen LogP contribution in [-0.4, -0.2) is 40.5 Å². The van der Waals surface area contributed by atoms with Gasteiger partial charge in [-0.15, -0.1) is 0 Å². The van der Waals surface area contributed by atoms with Crippen LogP contribution in [-0.2, 0) is 5.60 Å². The SMILES string of the molecule is Cc1ccc(C)c([C@H](O)CN2[C@H]3CC[C@H]2CC(O)(c2ccc4c(c2)OCO4)C3)c1. The number of hydrogen-bond donors (Lipinski definition) is 2. The molecule has 5 rings (SSSR count). The summed E-state index contributed by atoms with van der Waals surface area (Å²) in [5.74, 6) is 1.46. The molecule has 154 valence electrons. The molecule has 0 aromatic heterocycles. The van der Waals surface area contributed by atoms with E-state index in [1.807, 2.05) is 18.2 Å². The summed E-state index contributed by atoms with van der Waals surface area (Å²) in [7, 11) is 0. The Kier molecular flexibility index (Phi) is 4.57. The van der Waals surface area contributed by atoms with Crippen molar-refractivity contribution in [2.24, 2.45) is 0 Å². The fourth-order valence-electron chi connectivity index (χ4n) is 5.45. The molecule has 3 heterocycles. The van der Waals surface area contributed by atoms with Crippen molar-refractivity contribution in [1.29, 1.82) is 0 Å². The Morgan fingerprint density at radius 2 is 1.76 bits per heavy atom. The van der Waals surface area contributed by atoms with E-state index in [-0.39, 0.29) is 18.9 Å². The minimum Gasteiger partial charge on any atom is -0.454 e. The van der Waals surface area contributed by atoms with Crippen LogP contribution in [0.15, 0.2) is 36.4 Å². The van der Waals surface area contributed by atoms with Crippen molar-refractivity contribution in [2.45, 2.75) is 63.3 Å². The van der Waals surface area contributed by atoms with E-state index in [1.165, 1.54) is 5.56 Å². The van der Waals surface area contributed by atoms with E-state index in [1.54, 1.807) is 0 Å². The van der Waals surface area contributed by atoms with Gasteiger partial charge in [-0.2, -0.15) is 0 Å². The largest absolute Gasteiger partial charge is 0.454 e. The highest BCUT2D eigenvalue weighted by molar-refractivity contribution is 5.46. The lowest BCUT2D eigenvalue weighted by atomic mass is 9.80. The first-order valence-electron chi connectivity index (χ1n) is 10.6. The molecule has 2 N–H and O–H groups in total. The van der Waals surface area contributed by atoms with Crippen LogP contribution in [0.3, 0.4) is 0 Å². The third kappa shape index (κ3) is 3.31. The minimum atomic E-state index is -0.854. The number of hydrogen-bond acceptors (Lipinski definition) is 5. The van der Waals surface area contributed by atoms with Crippen LogP contribution < -0.4 is 9.47 Å². The topological polar surface area (TPSA) is 62.2 Å². The van der Waals surface area contributed by atoms with E-state index < -0.39 is 11.7 Å². The lowest BCUT2D eigenvalue weighted by molar-refractivity contribution is -0.0667. The fraction of sp³-hybridized carbons (Fsp3) is 0.500. The molecule has 0 unspecified atom stereocenters. The Morgan fingerprint density at radius 1 is 1.03 bits per heavy atom. The number of aliphatic hydroxyl groups excluding tert-OH is 1. The highest BCUT2D eigenvalue weighted by Crippen LogP contribution is 2.48. The zero-order valence-corrected chi connectivity index (χ0v) is 17.1. The zero-order valence-electron chi connectivity index (χ0n) is 17.1. The molecule has 3 aliphatic heterocycles. The van der Waals surface area contributed by atoms with Crippen molar-refractivity contribution < 1.29 is 19.7 Å². The Hall–Kier alpha value is -2.08. The standard InChI is InChI=1S/C24H29NO4/c1-15-3-4-16(2)20(9-15)21(26)13-25-18-6-7-19(25)12-24(27,11-18)17-5-8-22-23(10-17)29-14-28-22/h3-5,8-10,18-19,21,26-27H,6-7,11-14H2,1-2H3/t18-,19-,21+/m0/s1. The van der Waals surface area contributed by atoms with Crippen molar-refractivity contribution in [3.8, 4) is 11.5 Å². The Labute approximate surface area is 171 Å². The number of aliphatic hydroxyl groups is 2. The van der Waals surface area contributed by atoms with Crippen LogP contribution in [0, 0.1) is 13.8 Å². The number of fused-ring (bicyclic) bond motifs is 3. The maximum Gasteiger partial charge on any atom is 0.231 e. The minimum absolute atomic E-state index is 0.243. The zero-order chi connectivity index (χ0) is 20.2. The summed E-state index contributed by atoms with van der Waals surface area (Å²) in [5.41, 5.74) is 3.37. The average molecular weight is 395 g/mol. The van der Waals surface area contributed by atoms with Gasteiger partial charge in [0.25, 0.3) is 0 Å². The smallest absolute Gasteiger partial charge is 0.231 e. The van der Waals surface area contributed by atoms with Gasteiger partial charge in [0.15, 0.2) is 11.5 Å². The lowest BCUT2D eigenvalue weighted by Gasteiger charge is -2.44. The van der Waals surface area contributed by atoms with Gasteiger partial charge in [-0.05, 0) is 68.4 Å². The van der Waals surface area contributed by atoms with Crippen LogP contribution in [0.2, 0.25) is 0 Å². The first-order valence-corrected chi connectivity index (χ1v) is 10.6. The number of nitrogens with zero attached hydrogens (tertiary/aromatic N) is 1. The summed E-state index contributed by atoms with van der Waals surface area (Å²) in [5, 5.41) is 22.5. The molecular weight excluding hydrogens is 366 g/mol. The molecule has 0 saturated carbocycles. The lowest BCUT2D eigenvalue weighted by Crippen LogP contribution is -2.50. The van der Waals surface area contributed by atoms with Gasteiger partial charge in [0.1, 0.15) is 0 Å². The van der Waals surface area contributed by atoms with Gasteiger partial charge in [0, 0.05) is 18.6 Å². The van der Waals surface area contributed by atoms with Gasteiger partial charge in [-0.3, -0.25) is 4.90 Å². The summed E-state index contributed by atoms with van der Waals surface area (Å²) >= 11 is 0. The Morgan fingerprint density at radius 3 is 2.52 bits per heavy atom. The average Bonchev–Trinajstić information content (AvgIpc) is 3.26. The third-order valence-electron chi connectivity index (χ3n) is 7.01. The monoisotopic (exact) mass is 395 g/mol. The van der Waals surface area contributed by atoms with Crippen molar-refractivity contribution >= 4 is 0 Å². The quantitative estimate of drug-likeness (QED) is 0.829. The molecule has 0 radical (unpaired) electrons. The predicted octanol–water partition coefficient (Wildman–Crippen LogP) is 3.58. The van der Waals surface area contributed by atoms with Crippen molar-refractivity contribution in [3.05, 3.63) is 58.7 Å². The molecule has 2 bridgehead atoms. The fourth-order valence-corrected chi connectivity index (χ4v) is 5.45. The molecule has 3 aliphatic rings. The van der Waals surface area contributed by atoms with Gasteiger partial charge in [0.05, 0.1) is 11.7 Å². The molecular formula is C24H29NO4. The number of benzene rings is 2. The molecule has 2 aromatic rings. The summed E-state index contributed by atoms with van der Waals surface area (Å²) < 4.78 is 10.9. The van der Waals surface area contributed by atoms with Crippen LogP contribution in [0.1, 0.15) is 54.0 Å². The first-order chi connectivity index (χ1) is 13.9. The first kappa shape index (κ1) is 18.9. The van der Waals surface area contributed by atoms with Crippen LogP contribution in [0.25, 0.3) is 0 Å². The second-order valence-electron chi connectivity index (χ2n) is 8.97.